The van der Waals surface area contributed by atoms with Crippen molar-refractivity contribution < 1.29 is 9.90 Å². The molecule has 0 amide bonds. The number of nitrogens with zero attached hydrogens (tertiary/aromatic N) is 1. The summed E-state index contributed by atoms with van der Waals surface area (Å²) >= 11 is 0. The molecule has 0 fully saturated rings. The molecule has 2 rings (SSSR count). The van der Waals surface area contributed by atoms with Crippen molar-refractivity contribution in [3.63, 3.8) is 0 Å². The van der Waals surface area contributed by atoms with E-state index < -0.39 is 11.9 Å². The Labute approximate surface area is 123 Å². The second-order valence-electron chi connectivity index (χ2n) is 4.71. The van der Waals surface area contributed by atoms with Gasteiger partial charge in [-0.1, -0.05) is 42.5 Å². The number of hydrogen-bond acceptors (Lipinski definition) is 3. The number of carbonyl (C=O) groups is 1. The first kappa shape index (κ1) is 14.6. The van der Waals surface area contributed by atoms with Crippen molar-refractivity contribution in [1.82, 2.24) is 0 Å². The highest BCUT2D eigenvalue weighted by Crippen LogP contribution is 2.18. The molecule has 0 spiro atoms. The number of nitrogens with one attached hydrogen (secondary N) is 1. The van der Waals surface area contributed by atoms with Crippen LogP contribution in [0, 0.1) is 11.3 Å². The molecule has 0 aromatic heterocycles. The van der Waals surface area contributed by atoms with Crippen molar-refractivity contribution in [2.75, 3.05) is 11.9 Å². The molecule has 2 aromatic carbocycles. The van der Waals surface area contributed by atoms with Crippen molar-refractivity contribution in [2.45, 2.75) is 12.3 Å². The minimum atomic E-state index is -0.852. The molecule has 2 aromatic rings. The number of hydrogen-bond donors (Lipinski definition) is 2. The normalized spacial score (nSPS) is 11.4. The predicted molar refractivity (Wildman–Crippen MR) is 81.1 cm³/mol. The van der Waals surface area contributed by atoms with Crippen molar-refractivity contribution in [1.29, 1.82) is 5.26 Å². The molecule has 1 unspecified atom stereocenters. The molecule has 21 heavy (non-hydrogen) atoms. The minimum Gasteiger partial charge on any atom is -0.481 e. The van der Waals surface area contributed by atoms with Crippen LogP contribution in [0.1, 0.15) is 17.0 Å². The molecule has 0 aliphatic carbocycles. The van der Waals surface area contributed by atoms with Gasteiger partial charge in [0.1, 0.15) is 0 Å². The van der Waals surface area contributed by atoms with Crippen LogP contribution in [0.2, 0.25) is 0 Å². The predicted octanol–water partition coefficient (Wildman–Crippen LogP) is 3.03. The van der Waals surface area contributed by atoms with Gasteiger partial charge in [0.2, 0.25) is 0 Å². The largest absolute Gasteiger partial charge is 0.481 e. The fourth-order valence-electron chi connectivity index (χ4n) is 2.08. The van der Waals surface area contributed by atoms with E-state index in [1.165, 1.54) is 0 Å². The van der Waals surface area contributed by atoms with Gasteiger partial charge in [0.15, 0.2) is 0 Å². The molecule has 0 aliphatic heterocycles. The van der Waals surface area contributed by atoms with E-state index in [0.717, 1.165) is 16.8 Å². The van der Waals surface area contributed by atoms with E-state index in [-0.39, 0.29) is 0 Å². The number of rotatable bonds is 6. The Morgan fingerprint density at radius 2 is 1.81 bits per heavy atom. The first-order valence-corrected chi connectivity index (χ1v) is 6.68. The third kappa shape index (κ3) is 4.08. The van der Waals surface area contributed by atoms with Crippen LogP contribution >= 0.6 is 0 Å². The average molecular weight is 280 g/mol. The van der Waals surface area contributed by atoms with Crippen LogP contribution in [0.5, 0.6) is 0 Å². The van der Waals surface area contributed by atoms with Gasteiger partial charge in [0.25, 0.3) is 0 Å². The van der Waals surface area contributed by atoms with Gasteiger partial charge in [-0.05, 0) is 23.3 Å². The quantitative estimate of drug-likeness (QED) is 0.853. The number of benzene rings is 2. The standard InChI is InChI=1S/C17H16N2O2/c18-11-10-13-6-8-15(9-7-13)19-12-16(17(20)21)14-4-2-1-3-5-14/h1-9,16,19H,10,12H2,(H,20,21). The lowest BCUT2D eigenvalue weighted by Gasteiger charge is -2.14. The van der Waals surface area contributed by atoms with Gasteiger partial charge in [0, 0.05) is 12.2 Å². The van der Waals surface area contributed by atoms with Crippen LogP contribution in [0.4, 0.5) is 5.69 Å². The molecular formula is C17H16N2O2. The van der Waals surface area contributed by atoms with E-state index in [1.807, 2.05) is 54.6 Å². The maximum absolute atomic E-state index is 11.4. The molecule has 4 nitrogen and oxygen atoms in total. The molecule has 0 aliphatic rings. The van der Waals surface area contributed by atoms with Crippen LogP contribution in [-0.2, 0) is 11.2 Å². The van der Waals surface area contributed by atoms with Gasteiger partial charge in [-0.25, -0.2) is 0 Å². The van der Waals surface area contributed by atoms with Crippen molar-refractivity contribution in [2.24, 2.45) is 0 Å². The number of aliphatic carboxylic acids is 1. The summed E-state index contributed by atoms with van der Waals surface area (Å²) in [7, 11) is 0. The molecule has 0 saturated heterocycles. The van der Waals surface area contributed by atoms with Gasteiger partial charge in [-0.15, -0.1) is 0 Å². The van der Waals surface area contributed by atoms with Gasteiger partial charge in [0.05, 0.1) is 18.4 Å². The zero-order valence-corrected chi connectivity index (χ0v) is 11.5. The zero-order valence-electron chi connectivity index (χ0n) is 11.5. The minimum absolute atomic E-state index is 0.316. The number of anilines is 1. The molecule has 106 valence electrons. The van der Waals surface area contributed by atoms with Crippen LogP contribution in [0.3, 0.4) is 0 Å². The Balaban J connectivity index is 2.02. The van der Waals surface area contributed by atoms with Gasteiger partial charge in [-0.3, -0.25) is 4.79 Å². The highest BCUT2D eigenvalue weighted by atomic mass is 16.4. The molecule has 0 heterocycles. The first-order valence-electron chi connectivity index (χ1n) is 6.68. The summed E-state index contributed by atoms with van der Waals surface area (Å²) in [6.45, 7) is 0.316. The maximum atomic E-state index is 11.4. The monoisotopic (exact) mass is 280 g/mol. The third-order valence-corrected chi connectivity index (χ3v) is 3.25. The zero-order chi connectivity index (χ0) is 15.1. The summed E-state index contributed by atoms with van der Waals surface area (Å²) in [6.07, 6.45) is 0.377. The van der Waals surface area contributed by atoms with Crippen LogP contribution < -0.4 is 5.32 Å². The molecule has 1 atom stereocenters. The van der Waals surface area contributed by atoms with E-state index in [1.54, 1.807) is 0 Å². The fourth-order valence-corrected chi connectivity index (χ4v) is 2.08. The molecule has 4 heteroatoms. The van der Waals surface area contributed by atoms with Gasteiger partial charge >= 0.3 is 5.97 Å². The van der Waals surface area contributed by atoms with Crippen LogP contribution in [0.15, 0.2) is 54.6 Å². The second kappa shape index (κ2) is 7.11. The highest BCUT2D eigenvalue weighted by molar-refractivity contribution is 5.77. The Kier molecular flexibility index (Phi) is 4.94. The van der Waals surface area contributed by atoms with Crippen molar-refractivity contribution >= 4 is 11.7 Å². The third-order valence-electron chi connectivity index (χ3n) is 3.25. The Hall–Kier alpha value is -2.80. The molecule has 2 N–H and O–H groups in total. The fraction of sp³-hybridized carbons (Fsp3) is 0.176. The summed E-state index contributed by atoms with van der Waals surface area (Å²) < 4.78 is 0. The van der Waals surface area contributed by atoms with Crippen LogP contribution in [-0.4, -0.2) is 17.6 Å². The van der Waals surface area contributed by atoms with Crippen LogP contribution in [0.25, 0.3) is 0 Å². The van der Waals surface area contributed by atoms with Crippen molar-refractivity contribution in [3.05, 3.63) is 65.7 Å². The Morgan fingerprint density at radius 3 is 2.38 bits per heavy atom. The highest BCUT2D eigenvalue weighted by Gasteiger charge is 2.19. The number of carboxylic acids is 1. The summed E-state index contributed by atoms with van der Waals surface area (Å²) in [6, 6.07) is 18.7. The Morgan fingerprint density at radius 1 is 1.14 bits per heavy atom. The lowest BCUT2D eigenvalue weighted by atomic mass is 9.99. The summed E-state index contributed by atoms with van der Waals surface area (Å²) in [5.41, 5.74) is 2.57. The van der Waals surface area contributed by atoms with Gasteiger partial charge < -0.3 is 10.4 Å². The van der Waals surface area contributed by atoms with E-state index in [0.29, 0.717) is 13.0 Å². The smallest absolute Gasteiger partial charge is 0.312 e. The van der Waals surface area contributed by atoms with Gasteiger partial charge in [-0.2, -0.15) is 5.26 Å². The summed E-state index contributed by atoms with van der Waals surface area (Å²) in [5.74, 6) is -1.44. The lowest BCUT2D eigenvalue weighted by Crippen LogP contribution is -2.20. The van der Waals surface area contributed by atoms with E-state index >= 15 is 0 Å². The van der Waals surface area contributed by atoms with E-state index in [9.17, 15) is 9.90 Å². The summed E-state index contributed by atoms with van der Waals surface area (Å²) in [4.78, 5) is 11.4. The van der Waals surface area contributed by atoms with E-state index in [4.69, 9.17) is 5.26 Å². The Bertz CT molecular complexity index is 630. The maximum Gasteiger partial charge on any atom is 0.312 e. The molecule has 0 saturated carbocycles. The molecule has 0 radical (unpaired) electrons. The first-order chi connectivity index (χ1) is 10.2. The SMILES string of the molecule is N#CCc1ccc(NCC(C(=O)O)c2ccccc2)cc1. The molecule has 0 bridgehead atoms. The lowest BCUT2D eigenvalue weighted by molar-refractivity contribution is -0.138. The van der Waals surface area contributed by atoms with Crippen molar-refractivity contribution in [3.8, 4) is 6.07 Å². The number of carboxylic acid groups (broad SMARTS) is 1. The topological polar surface area (TPSA) is 73.1 Å². The second-order valence-corrected chi connectivity index (χ2v) is 4.71. The number of nitriles is 1. The average Bonchev–Trinajstić information content (AvgIpc) is 2.50. The summed E-state index contributed by atoms with van der Waals surface area (Å²) in [5, 5.41) is 21.1. The van der Waals surface area contributed by atoms with E-state index in [2.05, 4.69) is 11.4 Å². The molecular weight excluding hydrogens is 264 g/mol.